The van der Waals surface area contributed by atoms with Crippen LogP contribution in [-0.2, 0) is 13.1 Å². The minimum atomic E-state index is 0.390. The maximum Gasteiger partial charge on any atom is 0.124 e. The van der Waals surface area contributed by atoms with E-state index < -0.39 is 0 Å². The molecular weight excluding hydrogens is 248 g/mol. The minimum absolute atomic E-state index is 0.390. The number of aromatic nitrogens is 2. The molecule has 2 aromatic rings. The van der Waals surface area contributed by atoms with Crippen LogP contribution in [0, 0.1) is 0 Å². The normalized spacial score (nSPS) is 17.9. The van der Waals surface area contributed by atoms with Crippen LogP contribution in [0.2, 0.25) is 0 Å². The van der Waals surface area contributed by atoms with E-state index in [1.54, 1.807) is 0 Å². The molecule has 4 nitrogen and oxygen atoms in total. The number of hydrogen-bond acceptors (Lipinski definition) is 3. The van der Waals surface area contributed by atoms with Crippen LogP contribution in [0.4, 0.5) is 0 Å². The summed E-state index contributed by atoms with van der Waals surface area (Å²) in [6.07, 6.45) is 3.35. The molecule has 0 aliphatic carbocycles. The van der Waals surface area contributed by atoms with E-state index in [2.05, 4.69) is 40.7 Å². The zero-order chi connectivity index (χ0) is 13.9. The molecule has 0 radical (unpaired) electrons. The van der Waals surface area contributed by atoms with Crippen molar-refractivity contribution in [3.8, 4) is 0 Å². The Morgan fingerprint density at radius 2 is 2.00 bits per heavy atom. The molecule has 4 heteroatoms. The number of benzene rings is 1. The summed E-state index contributed by atoms with van der Waals surface area (Å²) >= 11 is 0. The Labute approximate surface area is 120 Å². The quantitative estimate of drug-likeness (QED) is 0.929. The summed E-state index contributed by atoms with van der Waals surface area (Å²) < 4.78 is 2.38. The van der Waals surface area contributed by atoms with Gasteiger partial charge in [-0.25, -0.2) is 4.98 Å². The van der Waals surface area contributed by atoms with E-state index in [0.29, 0.717) is 6.04 Å². The number of fused-ring (bicyclic) bond motifs is 1. The summed E-state index contributed by atoms with van der Waals surface area (Å²) in [6.45, 7) is 6.40. The van der Waals surface area contributed by atoms with E-state index in [0.717, 1.165) is 51.0 Å². The number of piperidine rings is 1. The topological polar surface area (TPSA) is 47.1 Å². The predicted octanol–water partition coefficient (Wildman–Crippen LogP) is 2.37. The third-order valence-electron chi connectivity index (χ3n) is 4.18. The molecule has 3 rings (SSSR count). The first-order valence-electron chi connectivity index (χ1n) is 7.70. The largest absolute Gasteiger partial charge is 0.328 e. The second-order valence-corrected chi connectivity index (χ2v) is 5.78. The highest BCUT2D eigenvalue weighted by Gasteiger charge is 2.18. The van der Waals surface area contributed by atoms with Crippen molar-refractivity contribution in [3.63, 3.8) is 0 Å². The lowest BCUT2D eigenvalue weighted by Gasteiger charge is -2.29. The van der Waals surface area contributed by atoms with E-state index >= 15 is 0 Å². The highest BCUT2D eigenvalue weighted by molar-refractivity contribution is 5.75. The first-order chi connectivity index (χ1) is 9.78. The second-order valence-electron chi connectivity index (χ2n) is 5.78. The summed E-state index contributed by atoms with van der Waals surface area (Å²) in [5, 5.41) is 0. The maximum absolute atomic E-state index is 5.98. The fourth-order valence-corrected chi connectivity index (χ4v) is 3.03. The molecule has 108 valence electrons. The number of para-hydroxylation sites is 2. The van der Waals surface area contributed by atoms with Crippen LogP contribution >= 0.6 is 0 Å². The molecule has 1 aliphatic rings. The summed E-state index contributed by atoms with van der Waals surface area (Å²) in [4.78, 5) is 7.32. The summed E-state index contributed by atoms with van der Waals surface area (Å²) in [5.41, 5.74) is 8.36. The zero-order valence-electron chi connectivity index (χ0n) is 12.3. The first-order valence-corrected chi connectivity index (χ1v) is 7.70. The molecule has 1 fully saturated rings. The molecule has 1 saturated heterocycles. The van der Waals surface area contributed by atoms with Crippen LogP contribution in [0.15, 0.2) is 24.3 Å². The molecule has 2 heterocycles. The highest BCUT2D eigenvalue weighted by atomic mass is 15.2. The van der Waals surface area contributed by atoms with Gasteiger partial charge in [0.05, 0.1) is 17.6 Å². The van der Waals surface area contributed by atoms with Crippen molar-refractivity contribution in [2.24, 2.45) is 5.73 Å². The van der Waals surface area contributed by atoms with Crippen LogP contribution in [0.25, 0.3) is 11.0 Å². The van der Waals surface area contributed by atoms with Crippen LogP contribution in [0.3, 0.4) is 0 Å². The third kappa shape index (κ3) is 2.72. The Balaban J connectivity index is 1.84. The van der Waals surface area contributed by atoms with Crippen molar-refractivity contribution in [1.82, 2.24) is 14.5 Å². The van der Waals surface area contributed by atoms with Crippen LogP contribution in [0.1, 0.15) is 32.0 Å². The standard InChI is InChI=1S/C16H24N4/c1-2-9-20-15-6-4-3-5-14(15)18-16(20)12-19-10-7-13(17)8-11-19/h3-6,13H,2,7-12,17H2,1H3. The zero-order valence-corrected chi connectivity index (χ0v) is 12.3. The minimum Gasteiger partial charge on any atom is -0.328 e. The number of aryl methyl sites for hydroxylation is 1. The van der Waals surface area contributed by atoms with Gasteiger partial charge in [0.15, 0.2) is 0 Å². The van der Waals surface area contributed by atoms with Gasteiger partial charge >= 0.3 is 0 Å². The monoisotopic (exact) mass is 272 g/mol. The lowest BCUT2D eigenvalue weighted by Crippen LogP contribution is -2.39. The van der Waals surface area contributed by atoms with Gasteiger partial charge in [-0.2, -0.15) is 0 Å². The first kappa shape index (κ1) is 13.6. The van der Waals surface area contributed by atoms with Gasteiger partial charge in [-0.15, -0.1) is 0 Å². The fourth-order valence-electron chi connectivity index (χ4n) is 3.03. The number of rotatable bonds is 4. The molecule has 1 aliphatic heterocycles. The Kier molecular flexibility index (Phi) is 4.03. The van der Waals surface area contributed by atoms with E-state index in [-0.39, 0.29) is 0 Å². The van der Waals surface area contributed by atoms with Crippen molar-refractivity contribution >= 4 is 11.0 Å². The third-order valence-corrected chi connectivity index (χ3v) is 4.18. The lowest BCUT2D eigenvalue weighted by atomic mass is 10.1. The van der Waals surface area contributed by atoms with Crippen LogP contribution < -0.4 is 5.73 Å². The average Bonchev–Trinajstić information content (AvgIpc) is 2.80. The van der Waals surface area contributed by atoms with Gasteiger partial charge in [0.25, 0.3) is 0 Å². The fraction of sp³-hybridized carbons (Fsp3) is 0.562. The number of imidazole rings is 1. The van der Waals surface area contributed by atoms with Crippen molar-refractivity contribution in [2.75, 3.05) is 13.1 Å². The summed E-state index contributed by atoms with van der Waals surface area (Å²) in [6, 6.07) is 8.83. The number of nitrogens with two attached hydrogens (primary N) is 1. The van der Waals surface area contributed by atoms with Crippen molar-refractivity contribution in [3.05, 3.63) is 30.1 Å². The van der Waals surface area contributed by atoms with Gasteiger partial charge in [-0.3, -0.25) is 4.90 Å². The Morgan fingerprint density at radius 1 is 1.25 bits per heavy atom. The van der Waals surface area contributed by atoms with E-state index in [1.807, 2.05) is 0 Å². The number of nitrogens with zero attached hydrogens (tertiary/aromatic N) is 3. The lowest BCUT2D eigenvalue weighted by molar-refractivity contribution is 0.199. The predicted molar refractivity (Wildman–Crippen MR) is 82.5 cm³/mol. The van der Waals surface area contributed by atoms with E-state index in [1.165, 1.54) is 11.3 Å². The molecule has 0 amide bonds. The smallest absolute Gasteiger partial charge is 0.124 e. The molecular formula is C16H24N4. The van der Waals surface area contributed by atoms with Gasteiger partial charge in [0, 0.05) is 25.7 Å². The molecule has 2 N–H and O–H groups in total. The molecule has 20 heavy (non-hydrogen) atoms. The molecule has 0 saturated carbocycles. The molecule has 0 atom stereocenters. The van der Waals surface area contributed by atoms with E-state index in [9.17, 15) is 0 Å². The van der Waals surface area contributed by atoms with Gasteiger partial charge in [0.1, 0.15) is 5.82 Å². The highest BCUT2D eigenvalue weighted by Crippen LogP contribution is 2.19. The van der Waals surface area contributed by atoms with Gasteiger partial charge in [-0.05, 0) is 31.4 Å². The van der Waals surface area contributed by atoms with Crippen LogP contribution in [0.5, 0.6) is 0 Å². The molecule has 1 aromatic heterocycles. The van der Waals surface area contributed by atoms with Gasteiger partial charge in [0.2, 0.25) is 0 Å². The molecule has 0 bridgehead atoms. The van der Waals surface area contributed by atoms with Crippen molar-refractivity contribution < 1.29 is 0 Å². The van der Waals surface area contributed by atoms with Crippen molar-refractivity contribution in [2.45, 2.75) is 45.3 Å². The molecule has 0 unspecified atom stereocenters. The second kappa shape index (κ2) is 5.94. The van der Waals surface area contributed by atoms with Crippen molar-refractivity contribution in [1.29, 1.82) is 0 Å². The Hall–Kier alpha value is -1.39. The SMILES string of the molecule is CCCn1c(CN2CCC(N)CC2)nc2ccccc21. The average molecular weight is 272 g/mol. The Bertz CT molecular complexity index is 567. The summed E-state index contributed by atoms with van der Waals surface area (Å²) in [5.74, 6) is 1.20. The Morgan fingerprint density at radius 3 is 2.75 bits per heavy atom. The van der Waals surface area contributed by atoms with Gasteiger partial charge in [-0.1, -0.05) is 19.1 Å². The van der Waals surface area contributed by atoms with E-state index in [4.69, 9.17) is 10.7 Å². The molecule has 1 aromatic carbocycles. The number of likely N-dealkylation sites (tertiary alicyclic amines) is 1. The van der Waals surface area contributed by atoms with Crippen LogP contribution in [-0.4, -0.2) is 33.6 Å². The summed E-state index contributed by atoms with van der Waals surface area (Å²) in [7, 11) is 0. The van der Waals surface area contributed by atoms with Gasteiger partial charge < -0.3 is 10.3 Å². The number of hydrogen-bond donors (Lipinski definition) is 1. The maximum atomic E-state index is 5.98. The molecule has 0 spiro atoms.